The van der Waals surface area contributed by atoms with Gasteiger partial charge in [-0.1, -0.05) is 29.3 Å². The van der Waals surface area contributed by atoms with E-state index in [2.05, 4.69) is 5.32 Å². The van der Waals surface area contributed by atoms with Crippen molar-refractivity contribution in [1.82, 2.24) is 0 Å². The van der Waals surface area contributed by atoms with Crippen LogP contribution in [-0.2, 0) is 6.54 Å². The molecule has 0 saturated carbocycles. The van der Waals surface area contributed by atoms with Crippen molar-refractivity contribution in [3.05, 3.63) is 52.3 Å². The lowest BCUT2D eigenvalue weighted by Gasteiger charge is -2.20. The van der Waals surface area contributed by atoms with Crippen molar-refractivity contribution in [2.75, 3.05) is 18.5 Å². The van der Waals surface area contributed by atoms with Crippen LogP contribution >= 0.6 is 11.6 Å². The van der Waals surface area contributed by atoms with Crippen LogP contribution in [0.1, 0.15) is 11.1 Å². The fourth-order valence-electron chi connectivity index (χ4n) is 2.23. The van der Waals surface area contributed by atoms with Crippen LogP contribution in [0.25, 0.3) is 0 Å². The number of halogens is 2. The number of nitrogens with one attached hydrogen (secondary N) is 1. The Labute approximate surface area is 127 Å². The van der Waals surface area contributed by atoms with Gasteiger partial charge in [0.15, 0.2) is 11.5 Å². The van der Waals surface area contributed by atoms with Gasteiger partial charge in [-0.05, 0) is 13.0 Å². The number of hydrogen-bond acceptors (Lipinski definition) is 3. The summed E-state index contributed by atoms with van der Waals surface area (Å²) < 4.78 is 24.7. The highest BCUT2D eigenvalue weighted by atomic mass is 35.5. The monoisotopic (exact) mass is 307 g/mol. The number of fused-ring (bicyclic) bond motifs is 1. The van der Waals surface area contributed by atoms with E-state index < -0.39 is 0 Å². The third-order valence-electron chi connectivity index (χ3n) is 3.30. The minimum atomic E-state index is -0.234. The van der Waals surface area contributed by atoms with Gasteiger partial charge in [0.05, 0.1) is 10.7 Å². The lowest BCUT2D eigenvalue weighted by atomic mass is 10.1. The predicted octanol–water partition coefficient (Wildman–Crippen LogP) is 4.17. The van der Waals surface area contributed by atoms with E-state index in [0.717, 1.165) is 5.56 Å². The standard InChI is InChI=1S/C16H15ClFNO2/c1-10-2-3-13(18)11(6-10)9-19-14-8-16-15(7-12(14)17)20-4-5-21-16/h2-3,6-8,19H,4-5,9H2,1H3. The maximum atomic E-state index is 13.7. The van der Waals surface area contributed by atoms with Crippen molar-refractivity contribution in [1.29, 1.82) is 0 Å². The smallest absolute Gasteiger partial charge is 0.163 e. The molecule has 0 amide bonds. The molecule has 1 heterocycles. The number of anilines is 1. The van der Waals surface area contributed by atoms with Gasteiger partial charge in [0.25, 0.3) is 0 Å². The highest BCUT2D eigenvalue weighted by Crippen LogP contribution is 2.38. The summed E-state index contributed by atoms with van der Waals surface area (Å²) in [6.45, 7) is 3.32. The third-order valence-corrected chi connectivity index (χ3v) is 3.62. The van der Waals surface area contributed by atoms with Crippen LogP contribution < -0.4 is 14.8 Å². The number of aryl methyl sites for hydroxylation is 1. The Balaban J connectivity index is 1.80. The third kappa shape index (κ3) is 3.05. The maximum Gasteiger partial charge on any atom is 0.163 e. The second kappa shape index (κ2) is 5.82. The molecule has 0 bridgehead atoms. The average Bonchev–Trinajstić information content (AvgIpc) is 2.48. The van der Waals surface area contributed by atoms with Crippen molar-refractivity contribution in [3.8, 4) is 11.5 Å². The Kier molecular flexibility index (Phi) is 3.88. The first-order valence-electron chi connectivity index (χ1n) is 6.71. The number of benzene rings is 2. The Morgan fingerprint density at radius 3 is 2.62 bits per heavy atom. The van der Waals surface area contributed by atoms with Crippen LogP contribution in [-0.4, -0.2) is 13.2 Å². The molecule has 3 rings (SSSR count). The first kappa shape index (κ1) is 14.0. The van der Waals surface area contributed by atoms with Crippen molar-refractivity contribution >= 4 is 17.3 Å². The molecule has 1 N–H and O–H groups in total. The van der Waals surface area contributed by atoms with E-state index in [1.807, 2.05) is 13.0 Å². The molecule has 0 atom stereocenters. The molecule has 2 aromatic rings. The van der Waals surface area contributed by atoms with Gasteiger partial charge in [-0.2, -0.15) is 0 Å². The van der Waals surface area contributed by atoms with E-state index >= 15 is 0 Å². The summed E-state index contributed by atoms with van der Waals surface area (Å²) >= 11 is 6.21. The number of ether oxygens (including phenoxy) is 2. The average molecular weight is 308 g/mol. The Morgan fingerprint density at radius 2 is 1.86 bits per heavy atom. The molecule has 5 heteroatoms. The van der Waals surface area contributed by atoms with Crippen molar-refractivity contribution in [3.63, 3.8) is 0 Å². The van der Waals surface area contributed by atoms with Gasteiger partial charge < -0.3 is 14.8 Å². The topological polar surface area (TPSA) is 30.5 Å². The van der Waals surface area contributed by atoms with Crippen molar-refractivity contribution in [2.45, 2.75) is 13.5 Å². The zero-order valence-electron chi connectivity index (χ0n) is 11.6. The number of rotatable bonds is 3. The predicted molar refractivity (Wildman–Crippen MR) is 80.9 cm³/mol. The largest absolute Gasteiger partial charge is 0.486 e. The van der Waals surface area contributed by atoms with Gasteiger partial charge in [0.2, 0.25) is 0 Å². The first-order chi connectivity index (χ1) is 10.1. The van der Waals surface area contributed by atoms with E-state index in [-0.39, 0.29) is 5.82 Å². The van der Waals surface area contributed by atoms with Gasteiger partial charge in [0.1, 0.15) is 19.0 Å². The molecule has 3 nitrogen and oxygen atoms in total. The summed E-state index contributed by atoms with van der Waals surface area (Å²) in [7, 11) is 0. The molecule has 1 aliphatic heterocycles. The van der Waals surface area contributed by atoms with Gasteiger partial charge >= 0.3 is 0 Å². The molecule has 2 aromatic carbocycles. The molecular weight excluding hydrogens is 293 g/mol. The van der Waals surface area contributed by atoms with E-state index in [1.54, 1.807) is 18.2 Å². The molecule has 0 aromatic heterocycles. The van der Waals surface area contributed by atoms with E-state index in [9.17, 15) is 4.39 Å². The molecule has 0 radical (unpaired) electrons. The second-order valence-electron chi connectivity index (χ2n) is 4.92. The SMILES string of the molecule is Cc1ccc(F)c(CNc2cc3c(cc2Cl)OCCO3)c1. The first-order valence-corrected chi connectivity index (χ1v) is 7.09. The second-order valence-corrected chi connectivity index (χ2v) is 5.33. The van der Waals surface area contributed by atoms with Gasteiger partial charge in [-0.25, -0.2) is 4.39 Å². The summed E-state index contributed by atoms with van der Waals surface area (Å²) in [5.41, 5.74) is 2.31. The fourth-order valence-corrected chi connectivity index (χ4v) is 2.45. The van der Waals surface area contributed by atoms with Crippen LogP contribution in [0.4, 0.5) is 10.1 Å². The van der Waals surface area contributed by atoms with Crippen LogP contribution in [0.2, 0.25) is 5.02 Å². The zero-order chi connectivity index (χ0) is 14.8. The van der Waals surface area contributed by atoms with Gasteiger partial charge in [-0.15, -0.1) is 0 Å². The Hall–Kier alpha value is -1.94. The quantitative estimate of drug-likeness (QED) is 0.923. The van der Waals surface area contributed by atoms with Gasteiger partial charge in [0, 0.05) is 24.2 Å². The molecular formula is C16H15ClFNO2. The highest BCUT2D eigenvalue weighted by molar-refractivity contribution is 6.33. The van der Waals surface area contributed by atoms with E-state index in [4.69, 9.17) is 21.1 Å². The molecule has 0 unspecified atom stereocenters. The van der Waals surface area contributed by atoms with Gasteiger partial charge in [-0.3, -0.25) is 0 Å². The fraction of sp³-hybridized carbons (Fsp3) is 0.250. The minimum absolute atomic E-state index is 0.234. The van der Waals surface area contributed by atoms with E-state index in [1.165, 1.54) is 6.07 Å². The summed E-state index contributed by atoms with van der Waals surface area (Å²) in [5, 5.41) is 3.66. The molecule has 21 heavy (non-hydrogen) atoms. The Bertz CT molecular complexity index is 676. The summed E-state index contributed by atoms with van der Waals surface area (Å²) in [6, 6.07) is 8.53. The molecule has 0 aliphatic carbocycles. The summed E-state index contributed by atoms with van der Waals surface area (Å²) in [6.07, 6.45) is 0. The van der Waals surface area contributed by atoms with E-state index in [0.29, 0.717) is 47.5 Å². The molecule has 1 aliphatic rings. The lowest BCUT2D eigenvalue weighted by molar-refractivity contribution is 0.171. The minimum Gasteiger partial charge on any atom is -0.486 e. The molecule has 0 saturated heterocycles. The van der Waals surface area contributed by atoms with Crippen LogP contribution in [0.15, 0.2) is 30.3 Å². The van der Waals surface area contributed by atoms with Crippen LogP contribution in [0.5, 0.6) is 11.5 Å². The highest BCUT2D eigenvalue weighted by Gasteiger charge is 2.15. The molecule has 0 spiro atoms. The van der Waals surface area contributed by atoms with Crippen molar-refractivity contribution in [2.24, 2.45) is 0 Å². The summed E-state index contributed by atoms with van der Waals surface area (Å²) in [5.74, 6) is 1.05. The van der Waals surface area contributed by atoms with Crippen LogP contribution in [0, 0.1) is 12.7 Å². The summed E-state index contributed by atoms with van der Waals surface area (Å²) in [4.78, 5) is 0. The zero-order valence-corrected chi connectivity index (χ0v) is 12.3. The Morgan fingerprint density at radius 1 is 1.14 bits per heavy atom. The van der Waals surface area contributed by atoms with Crippen LogP contribution in [0.3, 0.4) is 0 Å². The maximum absolute atomic E-state index is 13.7. The molecule has 110 valence electrons. The molecule has 0 fully saturated rings. The number of hydrogen-bond donors (Lipinski definition) is 1. The van der Waals surface area contributed by atoms with Crippen molar-refractivity contribution < 1.29 is 13.9 Å². The normalized spacial score (nSPS) is 13.1. The lowest BCUT2D eigenvalue weighted by Crippen LogP contribution is -2.15.